The Balaban J connectivity index is 2.28. The van der Waals surface area contributed by atoms with Crippen LogP contribution in [0.25, 0.3) is 0 Å². The maximum atomic E-state index is 13.4. The molecule has 0 aromatic heterocycles. The smallest absolute Gasteiger partial charge is 0.322 e. The third-order valence-corrected chi connectivity index (χ3v) is 4.86. The van der Waals surface area contributed by atoms with Crippen LogP contribution >= 0.6 is 0 Å². The topological polar surface area (TPSA) is 84.9 Å². The number of ether oxygens (including phenoxy) is 1. The summed E-state index contributed by atoms with van der Waals surface area (Å²) >= 11 is 0. The summed E-state index contributed by atoms with van der Waals surface area (Å²) in [6, 6.07) is 7.06. The number of nitrogens with one attached hydrogen (secondary N) is 1. The molecule has 0 saturated carbocycles. The molecular weight excluding hydrogens is 418 g/mol. The molecule has 1 atom stereocenters. The second kappa shape index (κ2) is 9.75. The first-order valence-electron chi connectivity index (χ1n) is 9.13. The van der Waals surface area contributed by atoms with Crippen molar-refractivity contribution in [2.45, 2.75) is 32.9 Å². The summed E-state index contributed by atoms with van der Waals surface area (Å²) in [6.07, 6.45) is 1.55. The molecular formula is C20H24F2N2O5S. The van der Waals surface area contributed by atoms with Gasteiger partial charge in [0.2, 0.25) is 0 Å². The third-order valence-electron chi connectivity index (χ3n) is 4.38. The average Bonchev–Trinajstić information content (AvgIpc) is 2.67. The highest BCUT2D eigenvalue weighted by molar-refractivity contribution is 7.86. The van der Waals surface area contributed by atoms with Crippen LogP contribution in [0.3, 0.4) is 0 Å². The second-order valence-electron chi connectivity index (χ2n) is 6.72. The van der Waals surface area contributed by atoms with Gasteiger partial charge in [-0.2, -0.15) is 8.42 Å². The summed E-state index contributed by atoms with van der Waals surface area (Å²) in [5.74, 6) is -1.85. The predicted molar refractivity (Wildman–Crippen MR) is 109 cm³/mol. The van der Waals surface area contributed by atoms with Gasteiger partial charge in [0.25, 0.3) is 0 Å². The number of anilines is 1. The van der Waals surface area contributed by atoms with Crippen molar-refractivity contribution in [2.75, 3.05) is 18.7 Å². The fourth-order valence-corrected chi connectivity index (χ4v) is 3.12. The van der Waals surface area contributed by atoms with Gasteiger partial charge in [-0.3, -0.25) is 0 Å². The zero-order chi connectivity index (χ0) is 22.5. The van der Waals surface area contributed by atoms with Crippen LogP contribution < -0.4 is 14.2 Å². The Morgan fingerprint density at radius 1 is 1.13 bits per heavy atom. The van der Waals surface area contributed by atoms with Crippen LogP contribution in [0.15, 0.2) is 36.4 Å². The van der Waals surface area contributed by atoms with E-state index >= 15 is 0 Å². The Hall–Kier alpha value is -2.88. The summed E-state index contributed by atoms with van der Waals surface area (Å²) in [7, 11) is -2.40. The first-order chi connectivity index (χ1) is 14.0. The number of carbonyl (C=O) groups is 1. The van der Waals surface area contributed by atoms with Crippen molar-refractivity contribution in [2.24, 2.45) is 0 Å². The molecule has 2 aromatic rings. The lowest BCUT2D eigenvalue weighted by Gasteiger charge is -2.29. The number of hydrogen-bond acceptors (Lipinski definition) is 5. The van der Waals surface area contributed by atoms with Gasteiger partial charge in [-0.1, -0.05) is 13.0 Å². The molecule has 0 aliphatic heterocycles. The number of hydrogen-bond donors (Lipinski definition) is 1. The first-order valence-corrected chi connectivity index (χ1v) is 10.9. The average molecular weight is 442 g/mol. The van der Waals surface area contributed by atoms with E-state index in [0.29, 0.717) is 12.0 Å². The van der Waals surface area contributed by atoms with Gasteiger partial charge in [0.1, 0.15) is 0 Å². The lowest BCUT2D eigenvalue weighted by atomic mass is 10.1. The number of urea groups is 1. The quantitative estimate of drug-likeness (QED) is 0.621. The van der Waals surface area contributed by atoms with E-state index < -0.39 is 27.8 Å². The molecule has 30 heavy (non-hydrogen) atoms. The van der Waals surface area contributed by atoms with Gasteiger partial charge in [-0.25, -0.2) is 13.6 Å². The molecule has 2 rings (SSSR count). The van der Waals surface area contributed by atoms with Crippen LogP contribution in [0.4, 0.5) is 19.3 Å². The van der Waals surface area contributed by atoms with E-state index in [4.69, 9.17) is 8.92 Å². The van der Waals surface area contributed by atoms with Crippen molar-refractivity contribution in [1.29, 1.82) is 0 Å². The Morgan fingerprint density at radius 3 is 2.40 bits per heavy atom. The van der Waals surface area contributed by atoms with Crippen LogP contribution in [0.2, 0.25) is 0 Å². The van der Waals surface area contributed by atoms with Gasteiger partial charge in [0, 0.05) is 24.3 Å². The van der Waals surface area contributed by atoms with Crippen LogP contribution in [0.1, 0.15) is 25.8 Å². The lowest BCUT2D eigenvalue weighted by molar-refractivity contribution is 0.187. The standard InChI is InChI=1S/C20H24F2N2O5S/c1-5-13(2)24(20(25)23-15-7-8-16(21)17(22)11-15)12-14-6-9-18(28-3)19(10-14)29-30(4,26)27/h6-11,13H,5,12H2,1-4H3,(H,23,25)/t13-/m0/s1. The van der Waals surface area contributed by atoms with Crippen LogP contribution in [0.5, 0.6) is 11.5 Å². The fraction of sp³-hybridized carbons (Fsp3) is 0.350. The van der Waals surface area contributed by atoms with E-state index in [9.17, 15) is 22.0 Å². The Kier molecular flexibility index (Phi) is 7.60. The number of rotatable bonds is 8. The Labute approximate surface area is 174 Å². The molecule has 1 N–H and O–H groups in total. The normalized spacial score (nSPS) is 12.2. The molecule has 0 spiro atoms. The third kappa shape index (κ3) is 6.31. The van der Waals surface area contributed by atoms with Crippen molar-refractivity contribution in [3.63, 3.8) is 0 Å². The van der Waals surface area contributed by atoms with Crippen molar-refractivity contribution >= 4 is 21.8 Å². The minimum Gasteiger partial charge on any atom is -0.493 e. The largest absolute Gasteiger partial charge is 0.493 e. The predicted octanol–water partition coefficient (Wildman–Crippen LogP) is 4.14. The van der Waals surface area contributed by atoms with Crippen molar-refractivity contribution in [3.8, 4) is 11.5 Å². The number of carbonyl (C=O) groups excluding carboxylic acids is 1. The molecule has 0 aliphatic carbocycles. The van der Waals surface area contributed by atoms with Gasteiger partial charge in [-0.15, -0.1) is 0 Å². The molecule has 7 nitrogen and oxygen atoms in total. The lowest BCUT2D eigenvalue weighted by Crippen LogP contribution is -2.40. The number of benzene rings is 2. The zero-order valence-corrected chi connectivity index (χ0v) is 17.9. The molecule has 10 heteroatoms. The number of halogens is 2. The van der Waals surface area contributed by atoms with Crippen LogP contribution in [-0.4, -0.2) is 38.8 Å². The molecule has 2 aromatic carbocycles. The minimum absolute atomic E-state index is 0.00242. The summed E-state index contributed by atoms with van der Waals surface area (Å²) in [6.45, 7) is 3.85. The van der Waals surface area contributed by atoms with E-state index in [1.54, 1.807) is 6.07 Å². The number of nitrogens with zero attached hydrogens (tertiary/aromatic N) is 1. The maximum absolute atomic E-state index is 13.4. The van der Waals surface area contributed by atoms with E-state index in [1.165, 1.54) is 30.2 Å². The molecule has 0 radical (unpaired) electrons. The molecule has 164 valence electrons. The maximum Gasteiger partial charge on any atom is 0.322 e. The van der Waals surface area contributed by atoms with Crippen LogP contribution in [0, 0.1) is 11.6 Å². The number of amides is 2. The van der Waals surface area contributed by atoms with E-state index in [1.807, 2.05) is 13.8 Å². The van der Waals surface area contributed by atoms with Crippen LogP contribution in [-0.2, 0) is 16.7 Å². The molecule has 0 unspecified atom stereocenters. The molecule has 0 fully saturated rings. The molecule has 0 heterocycles. The highest BCUT2D eigenvalue weighted by Crippen LogP contribution is 2.30. The van der Waals surface area contributed by atoms with Crippen molar-refractivity contribution in [1.82, 2.24) is 4.90 Å². The zero-order valence-electron chi connectivity index (χ0n) is 17.1. The molecule has 2 amide bonds. The molecule has 0 saturated heterocycles. The monoisotopic (exact) mass is 442 g/mol. The summed E-state index contributed by atoms with van der Waals surface area (Å²) in [4.78, 5) is 14.3. The minimum atomic E-state index is -3.78. The van der Waals surface area contributed by atoms with Gasteiger partial charge in [0.05, 0.1) is 13.4 Å². The Morgan fingerprint density at radius 2 is 1.83 bits per heavy atom. The van der Waals surface area contributed by atoms with Crippen molar-refractivity contribution in [3.05, 3.63) is 53.6 Å². The molecule has 0 aliphatic rings. The fourth-order valence-electron chi connectivity index (χ4n) is 2.66. The first kappa shape index (κ1) is 23.4. The summed E-state index contributed by atoms with van der Waals surface area (Å²) in [5, 5.41) is 2.55. The van der Waals surface area contributed by atoms with Gasteiger partial charge >= 0.3 is 16.1 Å². The highest BCUT2D eigenvalue weighted by atomic mass is 32.2. The summed E-state index contributed by atoms with van der Waals surface area (Å²) in [5.41, 5.74) is 0.707. The van der Waals surface area contributed by atoms with Gasteiger partial charge < -0.3 is 19.1 Å². The summed E-state index contributed by atoms with van der Waals surface area (Å²) < 4.78 is 59.7. The Bertz CT molecular complexity index is 1010. The number of methoxy groups -OCH3 is 1. The van der Waals surface area contributed by atoms with Crippen molar-refractivity contribution < 1.29 is 30.9 Å². The van der Waals surface area contributed by atoms with E-state index in [0.717, 1.165) is 18.4 Å². The molecule has 0 bridgehead atoms. The highest BCUT2D eigenvalue weighted by Gasteiger charge is 2.21. The van der Waals surface area contributed by atoms with E-state index in [-0.39, 0.29) is 29.8 Å². The van der Waals surface area contributed by atoms with Gasteiger partial charge in [-0.05, 0) is 43.2 Å². The van der Waals surface area contributed by atoms with E-state index in [2.05, 4.69) is 5.32 Å². The second-order valence-corrected chi connectivity index (χ2v) is 8.29. The SMILES string of the molecule is CC[C@H](C)N(Cc1ccc(OC)c(OS(C)(=O)=O)c1)C(=O)Nc1ccc(F)c(F)c1. The van der Waals surface area contributed by atoms with Gasteiger partial charge in [0.15, 0.2) is 23.1 Å².